The van der Waals surface area contributed by atoms with Gasteiger partial charge in [0, 0.05) is 18.2 Å². The van der Waals surface area contributed by atoms with Crippen molar-refractivity contribution in [2.45, 2.75) is 18.8 Å². The molecule has 0 spiro atoms. The Kier molecular flexibility index (Phi) is 6.82. The molecule has 0 aliphatic heterocycles. The van der Waals surface area contributed by atoms with Crippen molar-refractivity contribution in [3.05, 3.63) is 16.1 Å². The van der Waals surface area contributed by atoms with E-state index < -0.39 is 12.1 Å². The van der Waals surface area contributed by atoms with Crippen molar-refractivity contribution < 1.29 is 19.4 Å². The van der Waals surface area contributed by atoms with E-state index in [9.17, 15) is 9.59 Å². The van der Waals surface area contributed by atoms with Crippen LogP contribution in [-0.4, -0.2) is 47.5 Å². The van der Waals surface area contributed by atoms with Crippen LogP contribution in [0.1, 0.15) is 10.7 Å². The van der Waals surface area contributed by atoms with Crippen LogP contribution in [0.5, 0.6) is 0 Å². The van der Waals surface area contributed by atoms with Crippen molar-refractivity contribution in [3.63, 3.8) is 0 Å². The molecule has 0 saturated heterocycles. The third kappa shape index (κ3) is 6.04. The highest BCUT2D eigenvalue weighted by Crippen LogP contribution is 2.14. The van der Waals surface area contributed by atoms with Crippen molar-refractivity contribution in [2.24, 2.45) is 0 Å². The third-order valence-electron chi connectivity index (χ3n) is 2.19. The number of thiazole rings is 1. The Hall–Kier alpha value is -1.12. The predicted octanol–water partition coefficient (Wildman–Crippen LogP) is 0.901. The van der Waals surface area contributed by atoms with Crippen LogP contribution in [0.2, 0.25) is 0 Å². The van der Waals surface area contributed by atoms with E-state index in [1.807, 2.05) is 12.3 Å². The minimum Gasteiger partial charge on any atom is -0.479 e. The lowest BCUT2D eigenvalue weighted by atomic mass is 10.3. The van der Waals surface area contributed by atoms with Crippen LogP contribution in [-0.2, 0) is 20.1 Å². The average molecular weight is 304 g/mol. The van der Waals surface area contributed by atoms with E-state index in [1.54, 1.807) is 11.3 Å². The standard InChI is InChI=1S/C11H16N2O4S2/c1-7-13-8(5-19-7)4-18-6-10(14)12-3-9(17-2)11(15)16/h5,9H,3-4,6H2,1-2H3,(H,12,14)(H,15,16). The Morgan fingerprint density at radius 3 is 2.89 bits per heavy atom. The molecule has 19 heavy (non-hydrogen) atoms. The van der Waals surface area contributed by atoms with Gasteiger partial charge in [0.15, 0.2) is 6.10 Å². The van der Waals surface area contributed by atoms with Crippen LogP contribution in [0.4, 0.5) is 0 Å². The van der Waals surface area contributed by atoms with Crippen molar-refractivity contribution >= 4 is 35.0 Å². The molecule has 2 N–H and O–H groups in total. The molecule has 1 aromatic heterocycles. The number of methoxy groups -OCH3 is 1. The number of carbonyl (C=O) groups is 2. The highest BCUT2D eigenvalue weighted by molar-refractivity contribution is 7.99. The van der Waals surface area contributed by atoms with Gasteiger partial charge in [-0.05, 0) is 6.92 Å². The van der Waals surface area contributed by atoms with E-state index in [1.165, 1.54) is 18.9 Å². The lowest BCUT2D eigenvalue weighted by Crippen LogP contribution is -2.38. The summed E-state index contributed by atoms with van der Waals surface area (Å²) in [7, 11) is 1.30. The monoisotopic (exact) mass is 304 g/mol. The molecule has 1 heterocycles. The maximum absolute atomic E-state index is 11.5. The molecule has 1 amide bonds. The quantitative estimate of drug-likeness (QED) is 0.742. The molecule has 1 rings (SSSR count). The molecule has 0 aliphatic carbocycles. The topological polar surface area (TPSA) is 88.5 Å². The number of carboxylic acid groups (broad SMARTS) is 1. The number of thioether (sulfide) groups is 1. The summed E-state index contributed by atoms with van der Waals surface area (Å²) in [5, 5.41) is 14.2. The minimum atomic E-state index is -1.09. The summed E-state index contributed by atoms with van der Waals surface area (Å²) in [6.07, 6.45) is -1.00. The Morgan fingerprint density at radius 1 is 1.63 bits per heavy atom. The second kappa shape index (κ2) is 8.13. The third-order valence-corrected chi connectivity index (χ3v) is 3.98. The van der Waals surface area contributed by atoms with Gasteiger partial charge in [0.25, 0.3) is 0 Å². The van der Waals surface area contributed by atoms with E-state index >= 15 is 0 Å². The summed E-state index contributed by atoms with van der Waals surface area (Å²) >= 11 is 3.02. The summed E-state index contributed by atoms with van der Waals surface area (Å²) in [5.74, 6) is -0.356. The van der Waals surface area contributed by atoms with Crippen LogP contribution in [0, 0.1) is 6.92 Å². The number of hydrogen-bond donors (Lipinski definition) is 2. The van der Waals surface area contributed by atoms with E-state index in [0.717, 1.165) is 10.7 Å². The summed E-state index contributed by atoms with van der Waals surface area (Å²) in [6.45, 7) is 1.91. The number of nitrogens with zero attached hydrogens (tertiary/aromatic N) is 1. The number of aryl methyl sites for hydroxylation is 1. The van der Waals surface area contributed by atoms with Gasteiger partial charge in [-0.3, -0.25) is 4.79 Å². The Balaban J connectivity index is 2.19. The normalized spacial score (nSPS) is 12.1. The summed E-state index contributed by atoms with van der Waals surface area (Å²) in [4.78, 5) is 26.4. The lowest BCUT2D eigenvalue weighted by Gasteiger charge is -2.11. The zero-order valence-electron chi connectivity index (χ0n) is 10.7. The number of ether oxygens (including phenoxy) is 1. The fourth-order valence-electron chi connectivity index (χ4n) is 1.25. The van der Waals surface area contributed by atoms with E-state index in [4.69, 9.17) is 9.84 Å². The Bertz CT molecular complexity index is 436. The predicted molar refractivity (Wildman–Crippen MR) is 74.5 cm³/mol. The van der Waals surface area contributed by atoms with Gasteiger partial charge >= 0.3 is 5.97 Å². The molecular weight excluding hydrogens is 288 g/mol. The van der Waals surface area contributed by atoms with Gasteiger partial charge in [0.2, 0.25) is 5.91 Å². The first-order valence-corrected chi connectivity index (χ1v) is 7.57. The first-order valence-electron chi connectivity index (χ1n) is 5.54. The molecule has 0 saturated carbocycles. The number of aliphatic carboxylic acids is 1. The number of amides is 1. The molecule has 6 nitrogen and oxygen atoms in total. The smallest absolute Gasteiger partial charge is 0.334 e. The highest BCUT2D eigenvalue weighted by atomic mass is 32.2. The molecule has 0 fully saturated rings. The van der Waals surface area contributed by atoms with Crippen LogP contribution >= 0.6 is 23.1 Å². The molecule has 0 aliphatic rings. The first kappa shape index (κ1) is 15.9. The van der Waals surface area contributed by atoms with Crippen molar-refractivity contribution in [1.82, 2.24) is 10.3 Å². The second-order valence-corrected chi connectivity index (χ2v) is 5.77. The van der Waals surface area contributed by atoms with E-state index in [-0.39, 0.29) is 18.2 Å². The van der Waals surface area contributed by atoms with Crippen LogP contribution in [0.25, 0.3) is 0 Å². The Morgan fingerprint density at radius 2 is 2.37 bits per heavy atom. The average Bonchev–Trinajstić information content (AvgIpc) is 2.75. The van der Waals surface area contributed by atoms with Gasteiger partial charge in [-0.25, -0.2) is 9.78 Å². The molecule has 0 radical (unpaired) electrons. The first-order chi connectivity index (χ1) is 9.02. The van der Waals surface area contributed by atoms with Crippen molar-refractivity contribution in [2.75, 3.05) is 19.4 Å². The minimum absolute atomic E-state index is 0.0268. The van der Waals surface area contributed by atoms with Gasteiger partial charge in [-0.1, -0.05) is 0 Å². The van der Waals surface area contributed by atoms with Gasteiger partial charge in [0.05, 0.1) is 23.0 Å². The van der Waals surface area contributed by atoms with E-state index in [0.29, 0.717) is 5.75 Å². The van der Waals surface area contributed by atoms with Crippen molar-refractivity contribution in [3.8, 4) is 0 Å². The van der Waals surface area contributed by atoms with Gasteiger partial charge in [-0.15, -0.1) is 23.1 Å². The number of carbonyl (C=O) groups excluding carboxylic acids is 1. The number of carboxylic acids is 1. The highest BCUT2D eigenvalue weighted by Gasteiger charge is 2.16. The molecule has 8 heteroatoms. The summed E-state index contributed by atoms with van der Waals surface area (Å²) in [5.41, 5.74) is 0.959. The van der Waals surface area contributed by atoms with Gasteiger partial charge < -0.3 is 15.2 Å². The molecule has 1 atom stereocenters. The fourth-order valence-corrected chi connectivity index (χ4v) is 2.72. The van der Waals surface area contributed by atoms with Gasteiger partial charge in [-0.2, -0.15) is 0 Å². The zero-order valence-corrected chi connectivity index (χ0v) is 12.3. The van der Waals surface area contributed by atoms with Crippen molar-refractivity contribution in [1.29, 1.82) is 0 Å². The molecule has 0 aromatic carbocycles. The summed E-state index contributed by atoms with van der Waals surface area (Å²) in [6, 6.07) is 0. The van der Waals surface area contributed by atoms with Crippen LogP contribution in [0.15, 0.2) is 5.38 Å². The SMILES string of the molecule is COC(CNC(=O)CSCc1csc(C)n1)C(=O)O. The number of nitrogens with one attached hydrogen (secondary N) is 1. The zero-order chi connectivity index (χ0) is 14.3. The molecule has 106 valence electrons. The number of aromatic nitrogens is 1. The van der Waals surface area contributed by atoms with E-state index in [2.05, 4.69) is 10.3 Å². The molecule has 0 bridgehead atoms. The molecule has 1 unspecified atom stereocenters. The molecule has 1 aromatic rings. The Labute approximate surface area is 119 Å². The van der Waals surface area contributed by atoms with Crippen LogP contribution in [0.3, 0.4) is 0 Å². The van der Waals surface area contributed by atoms with Crippen LogP contribution < -0.4 is 5.32 Å². The maximum atomic E-state index is 11.5. The fraction of sp³-hybridized carbons (Fsp3) is 0.545. The lowest BCUT2D eigenvalue weighted by molar-refractivity contribution is -0.148. The molecular formula is C11H16N2O4S2. The summed E-state index contributed by atoms with van der Waals surface area (Å²) < 4.78 is 4.71. The number of hydrogen-bond acceptors (Lipinski definition) is 6. The second-order valence-electron chi connectivity index (χ2n) is 3.72. The maximum Gasteiger partial charge on any atom is 0.334 e. The van der Waals surface area contributed by atoms with Gasteiger partial charge in [0.1, 0.15) is 0 Å². The number of rotatable bonds is 8. The largest absolute Gasteiger partial charge is 0.479 e.